The van der Waals surface area contributed by atoms with E-state index in [0.29, 0.717) is 34.3 Å². The summed E-state index contributed by atoms with van der Waals surface area (Å²) in [7, 11) is 2.15. The predicted molar refractivity (Wildman–Crippen MR) is 134 cm³/mol. The van der Waals surface area contributed by atoms with Gasteiger partial charge in [0.05, 0.1) is 11.9 Å². The molecule has 1 aliphatic rings. The quantitative estimate of drug-likeness (QED) is 0.398. The minimum atomic E-state index is -0.490. The van der Waals surface area contributed by atoms with Gasteiger partial charge < -0.3 is 30.2 Å². The Morgan fingerprint density at radius 2 is 1.82 bits per heavy atom. The van der Waals surface area contributed by atoms with Crippen LogP contribution in [0.3, 0.4) is 0 Å². The molecule has 0 atom stereocenters. The van der Waals surface area contributed by atoms with Crippen molar-refractivity contribution < 1.29 is 9.13 Å². The second kappa shape index (κ2) is 9.56. The monoisotopic (exact) mass is 461 g/mol. The Bertz CT molecular complexity index is 1270. The molecule has 1 saturated heterocycles. The first-order valence-corrected chi connectivity index (χ1v) is 11.4. The highest BCUT2D eigenvalue weighted by atomic mass is 19.1. The van der Waals surface area contributed by atoms with Gasteiger partial charge in [-0.3, -0.25) is 0 Å². The summed E-state index contributed by atoms with van der Waals surface area (Å²) < 4.78 is 20.9. The molecule has 0 aliphatic carbocycles. The van der Waals surface area contributed by atoms with Crippen molar-refractivity contribution >= 4 is 34.0 Å². The molecule has 9 heteroatoms. The molecule has 2 aromatic carbocycles. The summed E-state index contributed by atoms with van der Waals surface area (Å²) in [5.41, 5.74) is 9.14. The maximum Gasteiger partial charge on any atom is 0.233 e. The van der Waals surface area contributed by atoms with E-state index in [1.165, 1.54) is 5.69 Å². The maximum atomic E-state index is 13.1. The molecular weight excluding hydrogens is 433 g/mol. The van der Waals surface area contributed by atoms with Gasteiger partial charge in [-0.05, 0) is 49.5 Å². The van der Waals surface area contributed by atoms with E-state index in [2.05, 4.69) is 44.3 Å². The van der Waals surface area contributed by atoms with Gasteiger partial charge in [0.2, 0.25) is 11.8 Å². The van der Waals surface area contributed by atoms with Gasteiger partial charge in [-0.1, -0.05) is 6.07 Å². The van der Waals surface area contributed by atoms with Gasteiger partial charge in [0.25, 0.3) is 0 Å². The molecule has 4 aromatic rings. The zero-order chi connectivity index (χ0) is 23.5. The smallest absolute Gasteiger partial charge is 0.233 e. The first kappa shape index (κ1) is 22.0. The minimum absolute atomic E-state index is 0.206. The lowest BCUT2D eigenvalue weighted by atomic mass is 10.2. The van der Waals surface area contributed by atoms with E-state index >= 15 is 0 Å². The van der Waals surface area contributed by atoms with Crippen LogP contribution in [0.25, 0.3) is 11.0 Å². The number of nitrogens with one attached hydrogen (secondary N) is 1. The SMILES string of the molecule is CN1CCN(c2ccc(Nc3nc(Oc4cccc(N)c4)c4ccn(CCF)c4n3)cc2)CC1. The minimum Gasteiger partial charge on any atom is -0.438 e. The number of ether oxygens (including phenoxy) is 1. The number of nitrogens with zero attached hydrogens (tertiary/aromatic N) is 5. The molecule has 0 spiro atoms. The fourth-order valence-corrected chi connectivity index (χ4v) is 4.08. The predicted octanol–water partition coefficient (Wildman–Crippen LogP) is 4.27. The van der Waals surface area contributed by atoms with Crippen LogP contribution < -0.4 is 20.7 Å². The number of nitrogen functional groups attached to an aromatic ring is 1. The Balaban J connectivity index is 1.42. The van der Waals surface area contributed by atoms with Gasteiger partial charge in [-0.2, -0.15) is 9.97 Å². The topological polar surface area (TPSA) is 84.5 Å². The van der Waals surface area contributed by atoms with Crippen molar-refractivity contribution in [1.29, 1.82) is 0 Å². The number of alkyl halides is 1. The highest BCUT2D eigenvalue weighted by Gasteiger charge is 2.16. The van der Waals surface area contributed by atoms with Crippen LogP contribution in [-0.2, 0) is 6.54 Å². The number of aromatic nitrogens is 3. The Morgan fingerprint density at radius 3 is 2.56 bits per heavy atom. The summed E-state index contributed by atoms with van der Waals surface area (Å²) in [5, 5.41) is 3.97. The Labute approximate surface area is 197 Å². The number of nitrogens with two attached hydrogens (primary N) is 1. The van der Waals surface area contributed by atoms with Crippen molar-refractivity contribution in [1.82, 2.24) is 19.4 Å². The van der Waals surface area contributed by atoms with Gasteiger partial charge in [0, 0.05) is 55.5 Å². The average Bonchev–Trinajstić information content (AvgIpc) is 3.23. The molecule has 0 amide bonds. The number of halogens is 1. The van der Waals surface area contributed by atoms with Crippen LogP contribution in [0.4, 0.5) is 27.4 Å². The van der Waals surface area contributed by atoms with Crippen LogP contribution in [0.2, 0.25) is 0 Å². The molecule has 1 aliphatic heterocycles. The zero-order valence-electron chi connectivity index (χ0n) is 19.1. The highest BCUT2D eigenvalue weighted by Crippen LogP contribution is 2.31. The first-order chi connectivity index (χ1) is 16.6. The fourth-order valence-electron chi connectivity index (χ4n) is 4.08. The van der Waals surface area contributed by atoms with Crippen LogP contribution in [0, 0.1) is 0 Å². The summed E-state index contributed by atoms with van der Waals surface area (Å²) in [6.45, 7) is 3.86. The van der Waals surface area contributed by atoms with Gasteiger partial charge >= 0.3 is 0 Å². The lowest BCUT2D eigenvalue weighted by Gasteiger charge is -2.34. The number of rotatable bonds is 7. The van der Waals surface area contributed by atoms with E-state index in [0.717, 1.165) is 31.9 Å². The van der Waals surface area contributed by atoms with Crippen LogP contribution >= 0.6 is 0 Å². The maximum absolute atomic E-state index is 13.1. The van der Waals surface area contributed by atoms with Crippen molar-refractivity contribution in [2.75, 3.05) is 55.9 Å². The zero-order valence-corrected chi connectivity index (χ0v) is 19.1. The molecule has 0 radical (unpaired) electrons. The number of aryl methyl sites for hydroxylation is 1. The molecule has 34 heavy (non-hydrogen) atoms. The lowest BCUT2D eigenvalue weighted by Crippen LogP contribution is -2.44. The van der Waals surface area contributed by atoms with E-state index in [-0.39, 0.29) is 6.54 Å². The van der Waals surface area contributed by atoms with E-state index in [9.17, 15) is 4.39 Å². The van der Waals surface area contributed by atoms with Gasteiger partial charge in [0.1, 0.15) is 18.1 Å². The average molecular weight is 462 g/mol. The number of fused-ring (bicyclic) bond motifs is 1. The lowest BCUT2D eigenvalue weighted by molar-refractivity contribution is 0.313. The summed E-state index contributed by atoms with van der Waals surface area (Å²) in [6.07, 6.45) is 1.79. The van der Waals surface area contributed by atoms with E-state index in [1.807, 2.05) is 30.3 Å². The second-order valence-electron chi connectivity index (χ2n) is 8.42. The Kier molecular flexibility index (Phi) is 6.18. The number of piperazine rings is 1. The van der Waals surface area contributed by atoms with Crippen LogP contribution in [0.5, 0.6) is 11.6 Å². The molecule has 0 bridgehead atoms. The molecule has 3 heterocycles. The van der Waals surface area contributed by atoms with Gasteiger partial charge in [-0.25, -0.2) is 4.39 Å². The second-order valence-corrected chi connectivity index (χ2v) is 8.42. The number of hydrogen-bond donors (Lipinski definition) is 2. The Hall–Kier alpha value is -3.85. The van der Waals surface area contributed by atoms with Crippen LogP contribution in [0.1, 0.15) is 0 Å². The molecule has 0 unspecified atom stereocenters. The number of anilines is 4. The third-order valence-electron chi connectivity index (χ3n) is 5.97. The van der Waals surface area contributed by atoms with Gasteiger partial charge in [-0.15, -0.1) is 0 Å². The highest BCUT2D eigenvalue weighted by molar-refractivity contribution is 5.83. The molecule has 5 rings (SSSR count). The summed E-state index contributed by atoms with van der Waals surface area (Å²) in [4.78, 5) is 14.0. The van der Waals surface area contributed by atoms with E-state index < -0.39 is 6.67 Å². The third kappa shape index (κ3) is 4.74. The molecule has 176 valence electrons. The van der Waals surface area contributed by atoms with Crippen molar-refractivity contribution in [3.8, 4) is 11.6 Å². The first-order valence-electron chi connectivity index (χ1n) is 11.4. The Morgan fingerprint density at radius 1 is 1.03 bits per heavy atom. The number of benzene rings is 2. The standard InChI is InChI=1S/C25H28FN7O/c1-31-13-15-32(16-14-31)20-7-5-19(6-8-20)28-25-29-23-22(9-11-33(23)12-10-26)24(30-25)34-21-4-2-3-18(27)17-21/h2-9,11,17H,10,12-16,27H2,1H3,(H,28,29,30). The normalized spacial score (nSPS) is 14.5. The van der Waals surface area contributed by atoms with Gasteiger partial charge in [0.15, 0.2) is 0 Å². The fraction of sp³-hybridized carbons (Fsp3) is 0.280. The molecular formula is C25H28FN7O. The van der Waals surface area contributed by atoms with Crippen LogP contribution in [0.15, 0.2) is 60.8 Å². The van der Waals surface area contributed by atoms with Crippen molar-refractivity contribution in [3.63, 3.8) is 0 Å². The van der Waals surface area contributed by atoms with E-state index in [1.54, 1.807) is 22.9 Å². The molecule has 2 aromatic heterocycles. The molecule has 1 fully saturated rings. The third-order valence-corrected chi connectivity index (χ3v) is 5.97. The summed E-state index contributed by atoms with van der Waals surface area (Å²) in [5.74, 6) is 1.32. The molecule has 0 saturated carbocycles. The van der Waals surface area contributed by atoms with Crippen LogP contribution in [-0.4, -0.2) is 59.3 Å². The van der Waals surface area contributed by atoms with Crippen molar-refractivity contribution in [2.45, 2.75) is 6.54 Å². The molecule has 3 N–H and O–H groups in total. The number of likely N-dealkylation sites (N-methyl/N-ethyl adjacent to an activating group) is 1. The molecule has 8 nitrogen and oxygen atoms in total. The summed E-state index contributed by atoms with van der Waals surface area (Å²) >= 11 is 0. The largest absolute Gasteiger partial charge is 0.438 e. The van der Waals surface area contributed by atoms with Crippen molar-refractivity contribution in [3.05, 3.63) is 60.8 Å². The number of hydrogen-bond acceptors (Lipinski definition) is 7. The van der Waals surface area contributed by atoms with E-state index in [4.69, 9.17) is 10.5 Å². The van der Waals surface area contributed by atoms with Crippen molar-refractivity contribution in [2.24, 2.45) is 0 Å². The summed E-state index contributed by atoms with van der Waals surface area (Å²) in [6, 6.07) is 17.2.